The van der Waals surface area contributed by atoms with Crippen LogP contribution >= 0.6 is 0 Å². The Morgan fingerprint density at radius 1 is 1.25 bits per heavy atom. The van der Waals surface area contributed by atoms with Crippen LogP contribution in [0, 0.1) is 5.92 Å². The van der Waals surface area contributed by atoms with Gasteiger partial charge in [-0.15, -0.1) is 0 Å². The Balaban J connectivity index is 2.02. The molecule has 0 radical (unpaired) electrons. The van der Waals surface area contributed by atoms with Gasteiger partial charge < -0.3 is 10.1 Å². The molecule has 1 N–H and O–H groups in total. The molecule has 1 heterocycles. The van der Waals surface area contributed by atoms with Gasteiger partial charge in [0.15, 0.2) is 6.10 Å². The van der Waals surface area contributed by atoms with Crippen molar-refractivity contribution in [2.45, 2.75) is 44.1 Å². The number of hydrogen-bond acceptors (Lipinski definition) is 2. The van der Waals surface area contributed by atoms with Crippen molar-refractivity contribution in [1.29, 1.82) is 0 Å². The number of morpholine rings is 1. The lowest BCUT2D eigenvalue weighted by Crippen LogP contribution is -2.56. The third kappa shape index (κ3) is 2.31. The summed E-state index contributed by atoms with van der Waals surface area (Å²) in [6.07, 6.45) is -3.67. The van der Waals surface area contributed by atoms with E-state index in [-0.39, 0.29) is 5.92 Å². The second kappa shape index (κ2) is 4.24. The SMILES string of the molecule is O=C1NC[C@@H](C(F)(F)F)O[C@H]1C1CCCC1. The van der Waals surface area contributed by atoms with Gasteiger partial charge in [-0.05, 0) is 18.8 Å². The van der Waals surface area contributed by atoms with Gasteiger partial charge in [0.05, 0.1) is 6.54 Å². The van der Waals surface area contributed by atoms with Crippen molar-refractivity contribution in [2.75, 3.05) is 6.54 Å². The summed E-state index contributed by atoms with van der Waals surface area (Å²) >= 11 is 0. The van der Waals surface area contributed by atoms with E-state index in [1.807, 2.05) is 0 Å². The Labute approximate surface area is 91.3 Å². The first kappa shape index (κ1) is 11.7. The van der Waals surface area contributed by atoms with Crippen molar-refractivity contribution in [3.8, 4) is 0 Å². The summed E-state index contributed by atoms with van der Waals surface area (Å²) in [5, 5.41) is 2.28. The maximum atomic E-state index is 12.5. The van der Waals surface area contributed by atoms with Crippen LogP contribution in [-0.2, 0) is 9.53 Å². The average Bonchev–Trinajstić information content (AvgIpc) is 2.69. The molecular formula is C10H14F3NO2. The zero-order valence-corrected chi connectivity index (χ0v) is 8.72. The van der Waals surface area contributed by atoms with E-state index in [2.05, 4.69) is 5.32 Å². The number of rotatable bonds is 1. The first-order chi connectivity index (χ1) is 7.48. The summed E-state index contributed by atoms with van der Waals surface area (Å²) in [4.78, 5) is 11.5. The van der Waals surface area contributed by atoms with Gasteiger partial charge in [0, 0.05) is 0 Å². The Kier molecular flexibility index (Phi) is 3.10. The molecule has 2 fully saturated rings. The van der Waals surface area contributed by atoms with Gasteiger partial charge in [-0.1, -0.05) is 12.8 Å². The fourth-order valence-corrected chi connectivity index (χ4v) is 2.36. The summed E-state index contributed by atoms with van der Waals surface area (Å²) in [5.41, 5.74) is 0. The Morgan fingerprint density at radius 3 is 2.44 bits per heavy atom. The predicted molar refractivity (Wildman–Crippen MR) is 49.7 cm³/mol. The molecule has 2 rings (SSSR count). The predicted octanol–water partition coefficient (Wildman–Crippen LogP) is 1.62. The quantitative estimate of drug-likeness (QED) is 0.752. The second-order valence-electron chi connectivity index (χ2n) is 4.38. The number of nitrogens with one attached hydrogen (secondary N) is 1. The van der Waals surface area contributed by atoms with E-state index in [0.717, 1.165) is 25.7 Å². The highest BCUT2D eigenvalue weighted by Gasteiger charge is 2.47. The van der Waals surface area contributed by atoms with E-state index in [4.69, 9.17) is 4.74 Å². The number of halogens is 3. The molecule has 6 heteroatoms. The van der Waals surface area contributed by atoms with Crippen LogP contribution in [0.2, 0.25) is 0 Å². The number of alkyl halides is 3. The highest BCUT2D eigenvalue weighted by molar-refractivity contribution is 5.81. The van der Waals surface area contributed by atoms with E-state index < -0.39 is 30.8 Å². The van der Waals surface area contributed by atoms with Crippen molar-refractivity contribution in [3.05, 3.63) is 0 Å². The molecule has 0 aromatic carbocycles. The minimum atomic E-state index is -4.40. The molecule has 1 aliphatic carbocycles. The van der Waals surface area contributed by atoms with Crippen molar-refractivity contribution >= 4 is 5.91 Å². The molecule has 0 aromatic heterocycles. The highest BCUT2D eigenvalue weighted by Crippen LogP contribution is 2.34. The standard InChI is InChI=1S/C10H14F3NO2/c11-10(12,13)7-5-14-9(15)8(16-7)6-3-1-2-4-6/h6-8H,1-5H2,(H,14,15)/t7-,8-/m0/s1. The normalized spacial score (nSPS) is 32.8. The van der Waals surface area contributed by atoms with Gasteiger partial charge in [0.1, 0.15) is 6.10 Å². The van der Waals surface area contributed by atoms with Gasteiger partial charge in [-0.3, -0.25) is 4.79 Å². The Hall–Kier alpha value is -0.780. The van der Waals surface area contributed by atoms with E-state index in [1.54, 1.807) is 0 Å². The Bertz CT molecular complexity index is 274. The monoisotopic (exact) mass is 237 g/mol. The second-order valence-corrected chi connectivity index (χ2v) is 4.38. The highest BCUT2D eigenvalue weighted by atomic mass is 19.4. The summed E-state index contributed by atoms with van der Waals surface area (Å²) < 4.78 is 42.3. The molecule has 0 aromatic rings. The summed E-state index contributed by atoms with van der Waals surface area (Å²) in [6.45, 7) is -0.467. The summed E-state index contributed by atoms with van der Waals surface area (Å²) in [7, 11) is 0. The maximum Gasteiger partial charge on any atom is 0.416 e. The van der Waals surface area contributed by atoms with Crippen LogP contribution in [0.1, 0.15) is 25.7 Å². The van der Waals surface area contributed by atoms with E-state index in [9.17, 15) is 18.0 Å². The van der Waals surface area contributed by atoms with Gasteiger partial charge in [-0.25, -0.2) is 0 Å². The van der Waals surface area contributed by atoms with Crippen molar-refractivity contribution < 1.29 is 22.7 Å². The van der Waals surface area contributed by atoms with Crippen LogP contribution in [0.4, 0.5) is 13.2 Å². The smallest absolute Gasteiger partial charge is 0.354 e. The number of amides is 1. The molecule has 16 heavy (non-hydrogen) atoms. The molecule has 92 valence electrons. The van der Waals surface area contributed by atoms with Gasteiger partial charge in [0.2, 0.25) is 5.91 Å². The molecule has 2 aliphatic rings. The fourth-order valence-electron chi connectivity index (χ4n) is 2.36. The van der Waals surface area contributed by atoms with Crippen molar-refractivity contribution in [2.24, 2.45) is 5.92 Å². The zero-order valence-electron chi connectivity index (χ0n) is 8.72. The zero-order chi connectivity index (χ0) is 11.8. The van der Waals surface area contributed by atoms with Crippen LogP contribution in [-0.4, -0.2) is 30.8 Å². The van der Waals surface area contributed by atoms with Crippen molar-refractivity contribution in [1.82, 2.24) is 5.32 Å². The molecule has 1 saturated carbocycles. The van der Waals surface area contributed by atoms with E-state index in [0.29, 0.717) is 0 Å². The van der Waals surface area contributed by atoms with E-state index in [1.165, 1.54) is 0 Å². The number of carbonyl (C=O) groups excluding carboxylic acids is 1. The molecule has 2 atom stereocenters. The van der Waals surface area contributed by atoms with Gasteiger partial charge in [-0.2, -0.15) is 13.2 Å². The maximum absolute atomic E-state index is 12.5. The minimum Gasteiger partial charge on any atom is -0.354 e. The number of carbonyl (C=O) groups is 1. The molecular weight excluding hydrogens is 223 g/mol. The van der Waals surface area contributed by atoms with Gasteiger partial charge >= 0.3 is 6.18 Å². The van der Waals surface area contributed by atoms with Crippen LogP contribution in [0.25, 0.3) is 0 Å². The number of ether oxygens (including phenoxy) is 1. The third-order valence-corrected chi connectivity index (χ3v) is 3.22. The number of hydrogen-bond donors (Lipinski definition) is 1. The molecule has 0 spiro atoms. The topological polar surface area (TPSA) is 38.3 Å². The molecule has 3 nitrogen and oxygen atoms in total. The summed E-state index contributed by atoms with van der Waals surface area (Å²) in [5.74, 6) is -0.447. The lowest BCUT2D eigenvalue weighted by atomic mass is 9.98. The molecule has 0 bridgehead atoms. The molecule has 1 saturated heterocycles. The van der Waals surface area contributed by atoms with Crippen LogP contribution < -0.4 is 5.32 Å². The van der Waals surface area contributed by atoms with Crippen LogP contribution in [0.5, 0.6) is 0 Å². The van der Waals surface area contributed by atoms with Crippen molar-refractivity contribution in [3.63, 3.8) is 0 Å². The summed E-state index contributed by atoms with van der Waals surface area (Å²) in [6, 6.07) is 0. The van der Waals surface area contributed by atoms with Crippen LogP contribution in [0.3, 0.4) is 0 Å². The lowest BCUT2D eigenvalue weighted by Gasteiger charge is -2.33. The Morgan fingerprint density at radius 2 is 1.88 bits per heavy atom. The molecule has 1 aliphatic heterocycles. The van der Waals surface area contributed by atoms with Gasteiger partial charge in [0.25, 0.3) is 0 Å². The third-order valence-electron chi connectivity index (χ3n) is 3.22. The van der Waals surface area contributed by atoms with E-state index >= 15 is 0 Å². The average molecular weight is 237 g/mol. The molecule has 1 amide bonds. The largest absolute Gasteiger partial charge is 0.416 e. The van der Waals surface area contributed by atoms with Crippen LogP contribution in [0.15, 0.2) is 0 Å². The first-order valence-electron chi connectivity index (χ1n) is 5.48. The minimum absolute atomic E-state index is 0.0508. The lowest BCUT2D eigenvalue weighted by molar-refractivity contribution is -0.242. The fraction of sp³-hybridized carbons (Fsp3) is 0.900. The first-order valence-corrected chi connectivity index (χ1v) is 5.48. The molecule has 0 unspecified atom stereocenters.